The number of nitrogens with zero attached hydrogens (tertiary/aromatic N) is 4. The van der Waals surface area contributed by atoms with Crippen LogP contribution < -0.4 is 14.4 Å². The number of methoxy groups -OCH3 is 2. The second-order valence-electron chi connectivity index (χ2n) is 12.3. The van der Waals surface area contributed by atoms with Crippen LogP contribution >= 0.6 is 11.8 Å². The van der Waals surface area contributed by atoms with Crippen LogP contribution in [0, 0.1) is 5.92 Å². The Bertz CT molecular complexity index is 1730. The molecule has 1 aromatic heterocycles. The minimum atomic E-state index is 0.00927. The zero-order valence-corrected chi connectivity index (χ0v) is 29.0. The van der Waals surface area contributed by atoms with Gasteiger partial charge in [0.15, 0.2) is 16.8 Å². The maximum Gasteiger partial charge on any atom is 0.283 e. The third-order valence-electron chi connectivity index (χ3n) is 9.65. The lowest BCUT2D eigenvalue weighted by Gasteiger charge is -2.28. The van der Waals surface area contributed by atoms with Gasteiger partial charge in [0.1, 0.15) is 18.1 Å². The van der Waals surface area contributed by atoms with Crippen molar-refractivity contribution in [3.05, 3.63) is 82.3 Å². The molecule has 248 valence electrons. The van der Waals surface area contributed by atoms with Gasteiger partial charge in [-0.2, -0.15) is 0 Å². The number of hydrogen-bond donors (Lipinski definition) is 0. The fourth-order valence-corrected chi connectivity index (χ4v) is 8.37. The highest BCUT2D eigenvalue weighted by molar-refractivity contribution is 8.04. The van der Waals surface area contributed by atoms with Crippen LogP contribution in [0.4, 0.5) is 11.4 Å². The second-order valence-corrected chi connectivity index (χ2v) is 13.3. The number of anilines is 2. The predicted octanol–water partition coefficient (Wildman–Crippen LogP) is 6.53. The van der Waals surface area contributed by atoms with Crippen LogP contribution in [-0.4, -0.2) is 62.4 Å². The van der Waals surface area contributed by atoms with Crippen molar-refractivity contribution in [2.45, 2.75) is 59.0 Å². The molecule has 0 amide bonds. The summed E-state index contributed by atoms with van der Waals surface area (Å²) in [5, 5.41) is 0. The fourth-order valence-electron chi connectivity index (χ4n) is 7.23. The number of thioether (sulfide) groups is 1. The first kappa shape index (κ1) is 33.2. The summed E-state index contributed by atoms with van der Waals surface area (Å²) in [6, 6.07) is 16.7. The van der Waals surface area contributed by atoms with E-state index in [4.69, 9.17) is 9.47 Å². The number of ketones is 2. The summed E-state index contributed by atoms with van der Waals surface area (Å²) in [6.07, 6.45) is 9.50. The topological polar surface area (TPSA) is 67.9 Å². The number of imidazole rings is 1. The van der Waals surface area contributed by atoms with Crippen LogP contribution in [0.3, 0.4) is 0 Å². The van der Waals surface area contributed by atoms with Gasteiger partial charge in [0.05, 0.1) is 36.9 Å². The Hall–Kier alpha value is -3.66. The minimum Gasteiger partial charge on any atom is -0.383 e. The second kappa shape index (κ2) is 15.0. The number of aryl methyl sites for hydroxylation is 1. The summed E-state index contributed by atoms with van der Waals surface area (Å²) < 4.78 is 15.5. The molecule has 2 heterocycles. The molecular weight excluding hydrogens is 609 g/mol. The van der Waals surface area contributed by atoms with Gasteiger partial charge in [0.2, 0.25) is 0 Å². The number of benzene rings is 2. The molecule has 0 unspecified atom stereocenters. The summed E-state index contributed by atoms with van der Waals surface area (Å²) in [7, 11) is 3.43. The molecule has 1 saturated carbocycles. The summed E-state index contributed by atoms with van der Waals surface area (Å²) in [6.45, 7) is 8.23. The number of hydrogen-bond acceptors (Lipinski definition) is 7. The summed E-state index contributed by atoms with van der Waals surface area (Å²) in [5.74, 6) is 2.74. The van der Waals surface area contributed by atoms with Gasteiger partial charge in [-0.05, 0) is 57.0 Å². The Kier molecular flexibility index (Phi) is 10.6. The van der Waals surface area contributed by atoms with Crippen LogP contribution in [-0.2, 0) is 32.2 Å². The molecule has 2 aliphatic carbocycles. The zero-order valence-electron chi connectivity index (χ0n) is 28.2. The lowest BCUT2D eigenvalue weighted by atomic mass is 9.87. The molecule has 47 heavy (non-hydrogen) atoms. The normalized spacial score (nSPS) is 18.6. The number of para-hydroxylation sites is 4. The average Bonchev–Trinajstić information content (AvgIpc) is 3.59. The number of carbonyl (C=O) groups excluding carboxylic acids is 2. The minimum absolute atomic E-state index is 0.00927. The third-order valence-corrected chi connectivity index (χ3v) is 10.8. The number of carbonyl (C=O) groups is 2. The first-order valence-electron chi connectivity index (χ1n) is 17.0. The Labute approximate surface area is 282 Å². The summed E-state index contributed by atoms with van der Waals surface area (Å²) in [4.78, 5) is 33.1. The van der Waals surface area contributed by atoms with Gasteiger partial charge in [0, 0.05) is 55.4 Å². The van der Waals surface area contributed by atoms with Gasteiger partial charge in [-0.1, -0.05) is 43.5 Å². The molecule has 0 bridgehead atoms. The molecule has 9 heteroatoms. The average molecular weight is 656 g/mol. The van der Waals surface area contributed by atoms with E-state index in [-0.39, 0.29) is 11.7 Å². The maximum atomic E-state index is 14.3. The van der Waals surface area contributed by atoms with E-state index in [1.165, 1.54) is 18.2 Å². The molecular formula is C38H47N4O4S+. The number of ether oxygens (including phenoxy) is 2. The first-order chi connectivity index (χ1) is 23.0. The first-order valence-corrected chi connectivity index (χ1v) is 18.0. The quantitative estimate of drug-likeness (QED) is 0.145. The molecule has 0 N–H and O–H groups in total. The van der Waals surface area contributed by atoms with Crippen LogP contribution in [0.1, 0.15) is 51.8 Å². The third kappa shape index (κ3) is 6.45. The van der Waals surface area contributed by atoms with E-state index in [1.807, 2.05) is 24.3 Å². The Morgan fingerprint density at radius 3 is 2.32 bits per heavy atom. The van der Waals surface area contributed by atoms with Crippen molar-refractivity contribution in [1.82, 2.24) is 4.57 Å². The molecule has 0 radical (unpaired) electrons. The Morgan fingerprint density at radius 1 is 0.915 bits per heavy atom. The lowest BCUT2D eigenvalue weighted by molar-refractivity contribution is -0.675. The van der Waals surface area contributed by atoms with E-state index in [0.29, 0.717) is 49.0 Å². The van der Waals surface area contributed by atoms with Crippen molar-refractivity contribution in [1.29, 1.82) is 0 Å². The van der Waals surface area contributed by atoms with Crippen LogP contribution in [0.2, 0.25) is 0 Å². The van der Waals surface area contributed by atoms with Crippen LogP contribution in [0.5, 0.6) is 0 Å². The van der Waals surface area contributed by atoms with E-state index in [2.05, 4.69) is 69.2 Å². The molecule has 0 saturated heterocycles. The van der Waals surface area contributed by atoms with Gasteiger partial charge in [-0.25, -0.2) is 9.13 Å². The van der Waals surface area contributed by atoms with Gasteiger partial charge >= 0.3 is 0 Å². The maximum absolute atomic E-state index is 14.3. The van der Waals surface area contributed by atoms with E-state index in [1.54, 1.807) is 14.2 Å². The Morgan fingerprint density at radius 2 is 1.62 bits per heavy atom. The fraction of sp³-hybridized carbons (Fsp3) is 0.447. The molecule has 3 aromatic rings. The highest BCUT2D eigenvalue weighted by Gasteiger charge is 2.38. The monoisotopic (exact) mass is 655 g/mol. The number of rotatable bonds is 14. The standard InChI is InChI=1S/C38H47N4O4S/c1-5-39-30-16-10-12-18-32(30)41(20-22-45-3)35(39)24-28-37(44)29(38(28)47-26-34(43)27-14-8-7-9-15-27)25-36-40(6-2)31-17-11-13-19-33(31)42(36)21-23-46-4/h10-13,16-19,24-25,27H,5-9,14-15,20-23,26H2,1-4H3/q+1. The lowest BCUT2D eigenvalue weighted by Crippen LogP contribution is -2.39. The number of allylic oxidation sites excluding steroid dienone is 3. The van der Waals surface area contributed by atoms with Crippen molar-refractivity contribution in [3.63, 3.8) is 0 Å². The van der Waals surface area contributed by atoms with Crippen LogP contribution in [0.25, 0.3) is 17.1 Å². The van der Waals surface area contributed by atoms with Crippen LogP contribution in [0.15, 0.2) is 76.5 Å². The van der Waals surface area contributed by atoms with Gasteiger partial charge in [-0.3, -0.25) is 9.59 Å². The molecule has 6 rings (SSSR count). The van der Waals surface area contributed by atoms with E-state index < -0.39 is 0 Å². The highest BCUT2D eigenvalue weighted by atomic mass is 32.2. The molecule has 1 fully saturated rings. The van der Waals surface area contributed by atoms with Crippen molar-refractivity contribution >= 4 is 51.8 Å². The number of Topliss-reactive ketones (excluding diaryl/α,β-unsaturated/α-hetero) is 2. The molecule has 0 spiro atoms. The van der Waals surface area contributed by atoms with E-state index >= 15 is 0 Å². The molecule has 8 nitrogen and oxygen atoms in total. The number of aromatic nitrogens is 2. The van der Waals surface area contributed by atoms with Crippen molar-refractivity contribution in [2.75, 3.05) is 56.1 Å². The van der Waals surface area contributed by atoms with Crippen molar-refractivity contribution in [2.24, 2.45) is 5.92 Å². The largest absolute Gasteiger partial charge is 0.383 e. The smallest absolute Gasteiger partial charge is 0.283 e. The van der Waals surface area contributed by atoms with E-state index in [9.17, 15) is 9.59 Å². The summed E-state index contributed by atoms with van der Waals surface area (Å²) in [5.41, 5.74) is 5.79. The van der Waals surface area contributed by atoms with E-state index in [0.717, 1.165) is 77.7 Å². The van der Waals surface area contributed by atoms with Gasteiger partial charge in [-0.15, -0.1) is 11.8 Å². The van der Waals surface area contributed by atoms with Gasteiger partial charge in [0.25, 0.3) is 5.82 Å². The molecule has 3 aliphatic rings. The Balaban J connectivity index is 1.45. The predicted molar refractivity (Wildman–Crippen MR) is 190 cm³/mol. The summed E-state index contributed by atoms with van der Waals surface area (Å²) >= 11 is 1.53. The van der Waals surface area contributed by atoms with Gasteiger partial charge < -0.3 is 19.3 Å². The molecule has 0 atom stereocenters. The van der Waals surface area contributed by atoms with Crippen molar-refractivity contribution < 1.29 is 23.6 Å². The molecule has 2 aromatic carbocycles. The zero-order chi connectivity index (χ0) is 32.9. The highest BCUT2D eigenvalue weighted by Crippen LogP contribution is 2.46. The molecule has 1 aliphatic heterocycles. The SMILES string of the molecule is CCN1/C(=C/C2=C(SCC(=O)C3CCCCC3)C(=C\c3n(CC)c4ccccc4[n+]3CCOC)/C2=O)N(CCOC)c2ccccc21. The number of fused-ring (bicyclic) bond motifs is 2. The van der Waals surface area contributed by atoms with Crippen molar-refractivity contribution in [3.8, 4) is 0 Å².